The monoisotopic (exact) mass is 500 g/mol. The third-order valence-electron chi connectivity index (χ3n) is 6.95. The molecule has 3 heterocycles. The first-order valence-electron chi connectivity index (χ1n) is 12.4. The molecule has 0 unspecified atom stereocenters. The first kappa shape index (κ1) is 25.4. The number of amides is 2. The maximum Gasteiger partial charge on any atom is 0.318 e. The van der Waals surface area contributed by atoms with Crippen LogP contribution in [0.5, 0.6) is 0 Å². The van der Waals surface area contributed by atoms with E-state index in [0.717, 1.165) is 32.5 Å². The first-order chi connectivity index (χ1) is 16.8. The zero-order chi connectivity index (χ0) is 25.0. The molecule has 1 aromatic carbocycles. The van der Waals surface area contributed by atoms with Crippen LogP contribution in [0.15, 0.2) is 47.6 Å². The predicted octanol–water partition coefficient (Wildman–Crippen LogP) is 2.54. The SMILES string of the molecule is CCS(=O)(=O)c1cnc(N2C[C@@H](C)N(C(=O)NC3CCN(Cc4ccccc4)CC3)[C@@H](C)C2)nc1. The van der Waals surface area contributed by atoms with Crippen molar-refractivity contribution in [1.29, 1.82) is 0 Å². The number of piperazine rings is 1. The van der Waals surface area contributed by atoms with Crippen molar-refractivity contribution in [2.75, 3.05) is 36.8 Å². The summed E-state index contributed by atoms with van der Waals surface area (Å²) in [7, 11) is -3.33. The van der Waals surface area contributed by atoms with E-state index in [2.05, 4.69) is 44.5 Å². The Morgan fingerprint density at radius 1 is 1.03 bits per heavy atom. The Kier molecular flexibility index (Phi) is 7.91. The third-order valence-corrected chi connectivity index (χ3v) is 8.64. The fourth-order valence-corrected chi connectivity index (χ4v) is 5.77. The number of hydrogen-bond donors (Lipinski definition) is 1. The number of hydrogen-bond acceptors (Lipinski definition) is 7. The summed E-state index contributed by atoms with van der Waals surface area (Å²) in [5.74, 6) is 0.508. The van der Waals surface area contributed by atoms with Crippen LogP contribution in [-0.2, 0) is 16.4 Å². The average molecular weight is 501 g/mol. The second-order valence-electron chi connectivity index (χ2n) is 9.62. The number of aromatic nitrogens is 2. The molecule has 0 aliphatic carbocycles. The Morgan fingerprint density at radius 3 is 2.20 bits per heavy atom. The van der Waals surface area contributed by atoms with Crippen LogP contribution in [0.2, 0.25) is 0 Å². The number of likely N-dealkylation sites (tertiary alicyclic amines) is 1. The van der Waals surface area contributed by atoms with Crippen LogP contribution >= 0.6 is 0 Å². The fraction of sp³-hybridized carbons (Fsp3) is 0.560. The second kappa shape index (κ2) is 10.9. The van der Waals surface area contributed by atoms with Gasteiger partial charge in [0.1, 0.15) is 4.90 Å². The van der Waals surface area contributed by atoms with E-state index in [1.807, 2.05) is 29.7 Å². The van der Waals surface area contributed by atoms with Gasteiger partial charge >= 0.3 is 6.03 Å². The van der Waals surface area contributed by atoms with E-state index < -0.39 is 9.84 Å². The summed E-state index contributed by atoms with van der Waals surface area (Å²) in [6.45, 7) is 9.73. The molecular formula is C25H36N6O3S. The Labute approximate surface area is 208 Å². The summed E-state index contributed by atoms with van der Waals surface area (Å²) in [6.07, 6.45) is 4.64. The predicted molar refractivity (Wildman–Crippen MR) is 136 cm³/mol. The van der Waals surface area contributed by atoms with Gasteiger partial charge in [-0.2, -0.15) is 0 Å². The number of carbonyl (C=O) groups excluding carboxylic acids is 1. The van der Waals surface area contributed by atoms with Crippen molar-refractivity contribution in [3.63, 3.8) is 0 Å². The van der Waals surface area contributed by atoms with E-state index in [1.165, 1.54) is 18.0 Å². The number of urea groups is 1. The van der Waals surface area contributed by atoms with Crippen LogP contribution in [0, 0.1) is 0 Å². The Hall–Kier alpha value is -2.72. The fourth-order valence-electron chi connectivity index (χ4n) is 5.01. The summed E-state index contributed by atoms with van der Waals surface area (Å²) in [4.78, 5) is 28.3. The molecule has 2 aromatic rings. The van der Waals surface area contributed by atoms with Crippen LogP contribution in [0.4, 0.5) is 10.7 Å². The highest BCUT2D eigenvalue weighted by molar-refractivity contribution is 7.91. The van der Waals surface area contributed by atoms with Gasteiger partial charge in [-0.05, 0) is 32.3 Å². The summed E-state index contributed by atoms with van der Waals surface area (Å²) in [5.41, 5.74) is 1.32. The molecule has 2 atom stereocenters. The molecule has 2 fully saturated rings. The van der Waals surface area contributed by atoms with Gasteiger partial charge in [0.25, 0.3) is 0 Å². The highest BCUT2D eigenvalue weighted by atomic mass is 32.2. The summed E-state index contributed by atoms with van der Waals surface area (Å²) in [6, 6.07) is 10.6. The molecule has 190 valence electrons. The van der Waals surface area contributed by atoms with Gasteiger partial charge in [-0.25, -0.2) is 23.2 Å². The number of nitrogens with zero attached hydrogens (tertiary/aromatic N) is 5. The molecule has 0 radical (unpaired) electrons. The molecule has 10 heteroatoms. The van der Waals surface area contributed by atoms with Crippen LogP contribution in [-0.4, -0.2) is 84.3 Å². The van der Waals surface area contributed by atoms with Gasteiger partial charge in [-0.3, -0.25) is 4.90 Å². The van der Waals surface area contributed by atoms with E-state index in [0.29, 0.717) is 19.0 Å². The van der Waals surface area contributed by atoms with E-state index >= 15 is 0 Å². The van der Waals surface area contributed by atoms with Crippen LogP contribution in [0.1, 0.15) is 39.2 Å². The molecule has 2 amide bonds. The number of sulfone groups is 1. The third kappa shape index (κ3) is 6.10. The smallest absolute Gasteiger partial charge is 0.318 e. The quantitative estimate of drug-likeness (QED) is 0.651. The largest absolute Gasteiger partial charge is 0.337 e. The molecule has 2 aliphatic heterocycles. The minimum absolute atomic E-state index is 0.0172. The maximum atomic E-state index is 13.2. The minimum atomic E-state index is -3.33. The van der Waals surface area contributed by atoms with E-state index in [4.69, 9.17) is 0 Å². The number of piperidine rings is 1. The van der Waals surface area contributed by atoms with Gasteiger partial charge in [-0.1, -0.05) is 37.3 Å². The van der Waals surface area contributed by atoms with Crippen LogP contribution in [0.25, 0.3) is 0 Å². The van der Waals surface area contributed by atoms with Gasteiger partial charge in [0, 0.05) is 50.8 Å². The van der Waals surface area contributed by atoms with Crippen molar-refractivity contribution in [3.8, 4) is 0 Å². The van der Waals surface area contributed by atoms with Gasteiger partial charge in [-0.15, -0.1) is 0 Å². The van der Waals surface area contributed by atoms with Gasteiger partial charge < -0.3 is 15.1 Å². The molecule has 1 aromatic heterocycles. The molecule has 0 bridgehead atoms. The molecule has 2 aliphatic rings. The maximum absolute atomic E-state index is 13.2. The van der Waals surface area contributed by atoms with Crippen molar-refractivity contribution in [2.24, 2.45) is 0 Å². The summed E-state index contributed by atoms with van der Waals surface area (Å²) in [5, 5.41) is 3.26. The van der Waals surface area contributed by atoms with Crippen molar-refractivity contribution in [1.82, 2.24) is 25.1 Å². The standard InChI is InChI=1S/C25H36N6O3S/c1-4-35(33,34)23-14-26-24(27-15-23)30-16-19(2)31(20(3)17-30)25(32)28-22-10-12-29(13-11-22)18-21-8-6-5-7-9-21/h5-9,14-15,19-20,22H,4,10-13,16-18H2,1-3H3,(H,28,32)/t19-,20+. The van der Waals surface area contributed by atoms with Gasteiger partial charge in [0.15, 0.2) is 9.84 Å². The Balaban J connectivity index is 1.29. The lowest BCUT2D eigenvalue weighted by Crippen LogP contribution is -2.62. The molecule has 35 heavy (non-hydrogen) atoms. The Bertz CT molecular complexity index is 1080. The van der Waals surface area contributed by atoms with Crippen molar-refractivity contribution >= 4 is 21.8 Å². The molecule has 0 spiro atoms. The second-order valence-corrected chi connectivity index (χ2v) is 11.9. The van der Waals surface area contributed by atoms with Crippen LogP contribution < -0.4 is 10.2 Å². The number of rotatable bonds is 6. The van der Waals surface area contributed by atoms with Gasteiger partial charge in [0.05, 0.1) is 18.1 Å². The highest BCUT2D eigenvalue weighted by Gasteiger charge is 2.35. The number of carbonyl (C=O) groups is 1. The Morgan fingerprint density at radius 2 is 1.63 bits per heavy atom. The van der Waals surface area contributed by atoms with E-state index in [1.54, 1.807) is 6.92 Å². The molecule has 0 saturated carbocycles. The lowest BCUT2D eigenvalue weighted by molar-refractivity contribution is 0.130. The van der Waals surface area contributed by atoms with Crippen LogP contribution in [0.3, 0.4) is 0 Å². The normalized spacial score (nSPS) is 22.3. The number of benzene rings is 1. The lowest BCUT2D eigenvalue weighted by atomic mass is 10.0. The van der Waals surface area contributed by atoms with Gasteiger partial charge in [0.2, 0.25) is 5.95 Å². The van der Waals surface area contributed by atoms with E-state index in [-0.39, 0.29) is 34.8 Å². The molecular weight excluding hydrogens is 464 g/mol. The summed E-state index contributed by atoms with van der Waals surface area (Å²) < 4.78 is 24.1. The average Bonchev–Trinajstić information content (AvgIpc) is 2.85. The van der Waals surface area contributed by atoms with E-state index in [9.17, 15) is 13.2 Å². The molecule has 2 saturated heterocycles. The topological polar surface area (TPSA) is 98.7 Å². The number of anilines is 1. The first-order valence-corrected chi connectivity index (χ1v) is 14.1. The molecule has 4 rings (SSSR count). The van der Waals surface area contributed by atoms with Crippen molar-refractivity contribution in [3.05, 3.63) is 48.3 Å². The zero-order valence-electron chi connectivity index (χ0n) is 20.8. The van der Waals surface area contributed by atoms with Crippen molar-refractivity contribution in [2.45, 2.75) is 63.2 Å². The van der Waals surface area contributed by atoms with Crippen molar-refractivity contribution < 1.29 is 13.2 Å². The highest BCUT2D eigenvalue weighted by Crippen LogP contribution is 2.22. The molecule has 9 nitrogen and oxygen atoms in total. The molecule has 1 N–H and O–H groups in total. The minimum Gasteiger partial charge on any atom is -0.337 e. The summed E-state index contributed by atoms with van der Waals surface area (Å²) >= 11 is 0. The lowest BCUT2D eigenvalue weighted by Gasteiger charge is -2.45. The number of nitrogens with one attached hydrogen (secondary N) is 1. The zero-order valence-corrected chi connectivity index (χ0v) is 21.6.